The highest BCUT2D eigenvalue weighted by Gasteiger charge is 2.23. The largest absolute Gasteiger partial charge is 0.354 e. The highest BCUT2D eigenvalue weighted by molar-refractivity contribution is 5.79. The number of imidazole rings is 1. The first-order valence-corrected chi connectivity index (χ1v) is 8.95. The van der Waals surface area contributed by atoms with E-state index in [0.29, 0.717) is 13.0 Å². The molecule has 3 aromatic rings. The van der Waals surface area contributed by atoms with E-state index >= 15 is 0 Å². The topological polar surface area (TPSA) is 50.1 Å². The molecule has 0 radical (unpaired) electrons. The number of halogens is 1. The Hall–Kier alpha value is -2.70. The van der Waals surface area contributed by atoms with Gasteiger partial charge in [-0.1, -0.05) is 6.92 Å². The van der Waals surface area contributed by atoms with Crippen LogP contribution in [0, 0.1) is 0 Å². The van der Waals surface area contributed by atoms with E-state index in [1.165, 1.54) is 5.56 Å². The molecule has 0 unspecified atom stereocenters. The molecule has 0 amide bonds. The summed E-state index contributed by atoms with van der Waals surface area (Å²) in [7, 11) is 3.97. The van der Waals surface area contributed by atoms with E-state index in [9.17, 15) is 4.39 Å². The summed E-state index contributed by atoms with van der Waals surface area (Å²) < 4.78 is 15.5. The second-order valence-corrected chi connectivity index (χ2v) is 6.80. The van der Waals surface area contributed by atoms with E-state index in [1.54, 1.807) is 12.5 Å². The van der Waals surface area contributed by atoms with Gasteiger partial charge in [-0.25, -0.2) is 19.3 Å². The summed E-state index contributed by atoms with van der Waals surface area (Å²) in [5.41, 5.74) is 4.10. The van der Waals surface area contributed by atoms with E-state index < -0.39 is 6.17 Å². The van der Waals surface area contributed by atoms with Crippen molar-refractivity contribution >= 4 is 28.4 Å². The third-order valence-electron chi connectivity index (χ3n) is 5.09. The lowest BCUT2D eigenvalue weighted by atomic mass is 10.1. The molecule has 0 aliphatic carbocycles. The van der Waals surface area contributed by atoms with Gasteiger partial charge in [0.25, 0.3) is 0 Å². The zero-order chi connectivity index (χ0) is 18.3. The lowest BCUT2D eigenvalue weighted by Crippen LogP contribution is -2.22. The third kappa shape index (κ3) is 2.87. The predicted octanol–water partition coefficient (Wildman–Crippen LogP) is 3.24. The smallest absolute Gasteiger partial charge is 0.134 e. The molecule has 3 aromatic heterocycles. The Labute approximate surface area is 152 Å². The van der Waals surface area contributed by atoms with Crippen molar-refractivity contribution in [2.45, 2.75) is 25.9 Å². The zero-order valence-electron chi connectivity index (χ0n) is 15.4. The lowest BCUT2D eigenvalue weighted by molar-refractivity contribution is 0.364. The van der Waals surface area contributed by atoms with Gasteiger partial charge in [0.15, 0.2) is 0 Å². The number of hydrogen-bond donors (Lipinski definition) is 0. The predicted molar refractivity (Wildman–Crippen MR) is 102 cm³/mol. The van der Waals surface area contributed by atoms with Gasteiger partial charge in [-0.15, -0.1) is 0 Å². The molecule has 0 spiro atoms. The van der Waals surface area contributed by atoms with Crippen molar-refractivity contribution in [3.8, 4) is 0 Å². The van der Waals surface area contributed by atoms with E-state index in [-0.39, 0.29) is 0 Å². The van der Waals surface area contributed by atoms with Gasteiger partial charge in [0.05, 0.1) is 36.5 Å². The van der Waals surface area contributed by atoms with Crippen LogP contribution in [0.2, 0.25) is 0 Å². The summed E-state index contributed by atoms with van der Waals surface area (Å²) >= 11 is 0. The quantitative estimate of drug-likeness (QED) is 0.720. The van der Waals surface area contributed by atoms with Crippen LogP contribution in [0.3, 0.4) is 0 Å². The van der Waals surface area contributed by atoms with Crippen molar-refractivity contribution in [1.29, 1.82) is 0 Å². The van der Waals surface area contributed by atoms with Crippen molar-refractivity contribution < 1.29 is 4.39 Å². The number of pyridine rings is 2. The number of anilines is 3. The van der Waals surface area contributed by atoms with Gasteiger partial charge < -0.3 is 14.4 Å². The van der Waals surface area contributed by atoms with Gasteiger partial charge >= 0.3 is 0 Å². The molecule has 136 valence electrons. The van der Waals surface area contributed by atoms with E-state index in [4.69, 9.17) is 0 Å². The molecule has 26 heavy (non-hydrogen) atoms. The molecule has 4 rings (SSSR count). The molecule has 0 aromatic carbocycles. The summed E-state index contributed by atoms with van der Waals surface area (Å²) in [6, 6.07) is 4.11. The van der Waals surface area contributed by atoms with Crippen LogP contribution in [0.5, 0.6) is 0 Å². The highest BCUT2D eigenvalue weighted by atomic mass is 19.1. The molecule has 0 saturated carbocycles. The Morgan fingerprint density at radius 3 is 2.81 bits per heavy atom. The summed E-state index contributed by atoms with van der Waals surface area (Å²) in [5.74, 6) is 1.70. The fraction of sp³-hybridized carbons (Fsp3) is 0.421. The van der Waals surface area contributed by atoms with Gasteiger partial charge in [-0.3, -0.25) is 0 Å². The Balaban J connectivity index is 1.67. The fourth-order valence-corrected chi connectivity index (χ4v) is 3.49. The average molecular weight is 354 g/mol. The highest BCUT2D eigenvalue weighted by Crippen LogP contribution is 2.30. The van der Waals surface area contributed by atoms with E-state index in [0.717, 1.165) is 41.3 Å². The first-order chi connectivity index (χ1) is 12.6. The van der Waals surface area contributed by atoms with Gasteiger partial charge in [-0.05, 0) is 24.5 Å². The minimum Gasteiger partial charge on any atom is -0.354 e. The maximum Gasteiger partial charge on any atom is 0.134 e. The maximum absolute atomic E-state index is 13.5. The molecule has 1 fully saturated rings. The first kappa shape index (κ1) is 16.8. The number of alkyl halides is 1. The van der Waals surface area contributed by atoms with Gasteiger partial charge in [0.2, 0.25) is 0 Å². The van der Waals surface area contributed by atoms with Crippen molar-refractivity contribution in [2.75, 3.05) is 29.9 Å². The fourth-order valence-electron chi connectivity index (χ4n) is 3.49. The summed E-state index contributed by atoms with van der Waals surface area (Å²) in [4.78, 5) is 17.5. The summed E-state index contributed by atoms with van der Waals surface area (Å²) in [6.07, 6.45) is 6.15. The number of aryl methyl sites for hydroxylation is 2. The number of nitrogens with zero attached hydrogens (tertiary/aromatic N) is 6. The van der Waals surface area contributed by atoms with Crippen LogP contribution in [-0.4, -0.2) is 45.8 Å². The van der Waals surface area contributed by atoms with Crippen LogP contribution in [0.4, 0.5) is 21.7 Å². The van der Waals surface area contributed by atoms with Crippen LogP contribution in [0.25, 0.3) is 11.0 Å². The molecule has 0 N–H and O–H groups in total. The molecular weight excluding hydrogens is 331 g/mol. The van der Waals surface area contributed by atoms with Gasteiger partial charge in [-0.2, -0.15) is 0 Å². The molecule has 0 bridgehead atoms. The minimum atomic E-state index is -0.751. The molecule has 6 nitrogen and oxygen atoms in total. The van der Waals surface area contributed by atoms with Crippen molar-refractivity contribution in [1.82, 2.24) is 19.5 Å². The minimum absolute atomic E-state index is 0.435. The maximum atomic E-state index is 13.5. The van der Waals surface area contributed by atoms with Crippen molar-refractivity contribution in [3.63, 3.8) is 0 Å². The summed E-state index contributed by atoms with van der Waals surface area (Å²) in [5, 5.41) is 0. The molecule has 1 aliphatic rings. The van der Waals surface area contributed by atoms with Crippen LogP contribution in [-0.2, 0) is 13.5 Å². The third-order valence-corrected chi connectivity index (χ3v) is 5.09. The standard InChI is InChI=1S/C19H23FN6/c1-4-13-7-19(26-6-5-14(20)11-26)22-10-17(13)25(3)18-8-16-15(9-21-18)23-12-24(16)2/h7-10,12,14H,4-6,11H2,1-3H3/t14-/m0/s1. The van der Waals surface area contributed by atoms with E-state index in [1.807, 2.05) is 40.7 Å². The molecule has 1 aliphatic heterocycles. The van der Waals surface area contributed by atoms with Crippen LogP contribution < -0.4 is 9.80 Å². The molecule has 7 heteroatoms. The normalized spacial score (nSPS) is 17.2. The average Bonchev–Trinajstić information content (AvgIpc) is 3.26. The van der Waals surface area contributed by atoms with Gasteiger partial charge in [0, 0.05) is 26.7 Å². The first-order valence-electron chi connectivity index (χ1n) is 8.95. The Kier molecular flexibility index (Phi) is 4.22. The summed E-state index contributed by atoms with van der Waals surface area (Å²) in [6.45, 7) is 3.28. The van der Waals surface area contributed by atoms with Crippen LogP contribution in [0.1, 0.15) is 18.9 Å². The Morgan fingerprint density at radius 2 is 2.08 bits per heavy atom. The van der Waals surface area contributed by atoms with Crippen molar-refractivity contribution in [3.05, 3.63) is 36.4 Å². The second-order valence-electron chi connectivity index (χ2n) is 6.80. The monoisotopic (exact) mass is 354 g/mol. The van der Waals surface area contributed by atoms with Gasteiger partial charge in [0.1, 0.15) is 23.3 Å². The number of aromatic nitrogens is 4. The Morgan fingerprint density at radius 1 is 1.23 bits per heavy atom. The number of rotatable bonds is 4. The molecule has 1 saturated heterocycles. The number of hydrogen-bond acceptors (Lipinski definition) is 5. The lowest BCUT2D eigenvalue weighted by Gasteiger charge is -2.23. The van der Waals surface area contributed by atoms with Crippen LogP contribution >= 0.6 is 0 Å². The van der Waals surface area contributed by atoms with Crippen LogP contribution in [0.15, 0.2) is 30.9 Å². The number of fused-ring (bicyclic) bond motifs is 1. The zero-order valence-corrected chi connectivity index (χ0v) is 15.4. The molecular formula is C19H23FN6. The molecule has 4 heterocycles. The van der Waals surface area contributed by atoms with E-state index in [2.05, 4.69) is 27.9 Å². The Bertz CT molecular complexity index is 937. The SMILES string of the molecule is CCc1cc(N2CC[C@H](F)C2)ncc1N(C)c1cc2c(cn1)ncn2C. The second kappa shape index (κ2) is 6.55. The van der Waals surface area contributed by atoms with Crippen molar-refractivity contribution in [2.24, 2.45) is 7.05 Å². The molecule has 1 atom stereocenters.